The first-order chi connectivity index (χ1) is 26.5. The molecule has 0 saturated heterocycles. The summed E-state index contributed by atoms with van der Waals surface area (Å²) in [6.45, 7) is 13.1. The molecule has 5 heteroatoms. The van der Waals surface area contributed by atoms with Crippen LogP contribution in [0, 0.1) is 0 Å². The number of fused-ring (bicyclic) bond motifs is 1. The first kappa shape index (κ1) is 35.6. The number of pyridine rings is 1. The average molecular weight is 719 g/mol. The van der Waals surface area contributed by atoms with Crippen LogP contribution in [0.1, 0.15) is 52.7 Å². The summed E-state index contributed by atoms with van der Waals surface area (Å²) in [6, 6.07) is 54.6. The Bertz CT molecular complexity index is 2560. The van der Waals surface area contributed by atoms with Crippen molar-refractivity contribution in [1.82, 2.24) is 14.5 Å². The average Bonchev–Trinajstić information content (AvgIpc) is 3.58. The van der Waals surface area contributed by atoms with E-state index in [0.29, 0.717) is 11.4 Å². The van der Waals surface area contributed by atoms with Crippen LogP contribution in [0.15, 0.2) is 164 Å². The molecule has 6 aromatic carbocycles. The minimum absolute atomic E-state index is 0.152. The lowest BCUT2D eigenvalue weighted by molar-refractivity contribution is 0.446. The molecule has 0 spiro atoms. The van der Waals surface area contributed by atoms with E-state index < -0.39 is 0 Å². The number of rotatable bonds is 7. The molecule has 8 rings (SSSR count). The fraction of sp³-hybridized carbons (Fsp3) is 0.160. The van der Waals surface area contributed by atoms with E-state index in [4.69, 9.17) is 9.97 Å². The van der Waals surface area contributed by atoms with E-state index in [-0.39, 0.29) is 16.6 Å². The Morgan fingerprint density at radius 1 is 0.545 bits per heavy atom. The zero-order valence-corrected chi connectivity index (χ0v) is 32.3. The number of aromatic nitrogens is 3. The highest BCUT2D eigenvalue weighted by Crippen LogP contribution is 2.45. The van der Waals surface area contributed by atoms with Gasteiger partial charge in [-0.15, -0.1) is 0 Å². The maximum atomic E-state index is 12.2. The number of phenols is 1. The third-order valence-corrected chi connectivity index (χ3v) is 10.3. The van der Waals surface area contributed by atoms with Gasteiger partial charge in [-0.25, -0.2) is 9.97 Å². The molecule has 2 aromatic heterocycles. The van der Waals surface area contributed by atoms with Crippen LogP contribution < -0.4 is 4.90 Å². The molecule has 0 fully saturated rings. The molecule has 8 aromatic rings. The van der Waals surface area contributed by atoms with Crippen LogP contribution in [0.2, 0.25) is 0 Å². The fourth-order valence-electron chi connectivity index (χ4n) is 7.31. The van der Waals surface area contributed by atoms with E-state index in [2.05, 4.69) is 166 Å². The number of para-hydroxylation sites is 2. The summed E-state index contributed by atoms with van der Waals surface area (Å²) in [5.74, 6) is 1.79. The third kappa shape index (κ3) is 6.90. The second-order valence-corrected chi connectivity index (χ2v) is 16.2. The number of benzene rings is 6. The second kappa shape index (κ2) is 14.1. The van der Waals surface area contributed by atoms with Gasteiger partial charge in [0.05, 0.1) is 16.6 Å². The Morgan fingerprint density at radius 2 is 1.18 bits per heavy atom. The van der Waals surface area contributed by atoms with Gasteiger partial charge in [-0.05, 0) is 93.7 Å². The highest BCUT2D eigenvalue weighted by Gasteiger charge is 2.28. The van der Waals surface area contributed by atoms with Crippen molar-refractivity contribution < 1.29 is 5.11 Å². The standard InChI is InChI=1S/C50H46N4O/c1-49(2,3)37-32-42(47(55)43(33-37)50(4,5)6)48-52-46-41(23-16-24-44(46)54(48)39-28-26-35(27-29-39)34-17-9-7-10-18-34)36-19-15-22-40(31-36)53(38-20-11-8-12-21-38)45-25-13-14-30-51-45/h7-33,55H,1-6H3. The van der Waals surface area contributed by atoms with Crippen molar-refractivity contribution in [1.29, 1.82) is 0 Å². The Kier molecular flexibility index (Phi) is 9.10. The summed E-state index contributed by atoms with van der Waals surface area (Å²) in [5.41, 5.74) is 11.4. The summed E-state index contributed by atoms with van der Waals surface area (Å²) >= 11 is 0. The number of anilines is 3. The molecule has 55 heavy (non-hydrogen) atoms. The van der Waals surface area contributed by atoms with Crippen molar-refractivity contribution in [3.63, 3.8) is 0 Å². The minimum Gasteiger partial charge on any atom is -0.507 e. The summed E-state index contributed by atoms with van der Waals surface area (Å²) in [5, 5.41) is 12.2. The maximum absolute atomic E-state index is 12.2. The maximum Gasteiger partial charge on any atom is 0.149 e. The lowest BCUT2D eigenvalue weighted by Crippen LogP contribution is -2.17. The molecular weight excluding hydrogens is 673 g/mol. The Hall–Kier alpha value is -6.46. The Morgan fingerprint density at radius 3 is 1.85 bits per heavy atom. The van der Waals surface area contributed by atoms with Crippen molar-refractivity contribution in [3.05, 3.63) is 175 Å². The summed E-state index contributed by atoms with van der Waals surface area (Å²) < 4.78 is 2.20. The second-order valence-electron chi connectivity index (χ2n) is 16.2. The topological polar surface area (TPSA) is 54.2 Å². The van der Waals surface area contributed by atoms with Crippen LogP contribution in [-0.4, -0.2) is 19.6 Å². The molecule has 2 heterocycles. The van der Waals surface area contributed by atoms with Gasteiger partial charge in [0.25, 0.3) is 0 Å². The van der Waals surface area contributed by atoms with Crippen molar-refractivity contribution in [2.24, 2.45) is 0 Å². The number of hydrogen-bond acceptors (Lipinski definition) is 4. The molecule has 1 N–H and O–H groups in total. The van der Waals surface area contributed by atoms with Crippen LogP contribution in [0.25, 0.3) is 50.4 Å². The van der Waals surface area contributed by atoms with E-state index >= 15 is 0 Å². The monoisotopic (exact) mass is 718 g/mol. The van der Waals surface area contributed by atoms with Crippen LogP contribution in [-0.2, 0) is 10.8 Å². The van der Waals surface area contributed by atoms with Crippen LogP contribution in [0.4, 0.5) is 17.2 Å². The number of hydrogen-bond donors (Lipinski definition) is 1. The van der Waals surface area contributed by atoms with E-state index in [1.165, 1.54) is 0 Å². The molecule has 272 valence electrons. The molecule has 0 atom stereocenters. The zero-order chi connectivity index (χ0) is 38.3. The highest BCUT2D eigenvalue weighted by molar-refractivity contribution is 5.97. The van der Waals surface area contributed by atoms with E-state index in [1.54, 1.807) is 0 Å². The van der Waals surface area contributed by atoms with Gasteiger partial charge in [0.15, 0.2) is 0 Å². The first-order valence-electron chi connectivity index (χ1n) is 18.9. The van der Waals surface area contributed by atoms with E-state index in [0.717, 1.165) is 67.3 Å². The van der Waals surface area contributed by atoms with Gasteiger partial charge in [-0.1, -0.05) is 139 Å². The Balaban J connectivity index is 1.37. The van der Waals surface area contributed by atoms with Crippen LogP contribution in [0.5, 0.6) is 5.75 Å². The van der Waals surface area contributed by atoms with Crippen LogP contribution in [0.3, 0.4) is 0 Å². The zero-order valence-electron chi connectivity index (χ0n) is 32.3. The first-order valence-corrected chi connectivity index (χ1v) is 18.9. The molecule has 0 aliphatic carbocycles. The van der Waals surface area contributed by atoms with E-state index in [9.17, 15) is 5.11 Å². The molecular formula is C50H46N4O. The quantitative estimate of drug-likeness (QED) is 0.178. The fourth-order valence-corrected chi connectivity index (χ4v) is 7.31. The van der Waals surface area contributed by atoms with Gasteiger partial charge in [0.1, 0.15) is 17.4 Å². The predicted octanol–water partition coefficient (Wildman–Crippen LogP) is 13.2. The number of aromatic hydroxyl groups is 1. The smallest absolute Gasteiger partial charge is 0.149 e. The van der Waals surface area contributed by atoms with E-state index in [1.807, 2.05) is 48.7 Å². The lowest BCUT2D eigenvalue weighted by atomic mass is 9.79. The van der Waals surface area contributed by atoms with Gasteiger partial charge < -0.3 is 5.11 Å². The van der Waals surface area contributed by atoms with Gasteiger partial charge in [0, 0.05) is 34.4 Å². The molecule has 0 aliphatic rings. The molecule has 0 aliphatic heterocycles. The highest BCUT2D eigenvalue weighted by atomic mass is 16.3. The molecule has 0 saturated carbocycles. The molecule has 0 radical (unpaired) electrons. The van der Waals surface area contributed by atoms with Crippen molar-refractivity contribution in [3.8, 4) is 45.1 Å². The minimum atomic E-state index is -0.294. The van der Waals surface area contributed by atoms with Gasteiger partial charge in [-0.3, -0.25) is 9.47 Å². The van der Waals surface area contributed by atoms with Crippen molar-refractivity contribution >= 4 is 28.2 Å². The summed E-state index contributed by atoms with van der Waals surface area (Å²) in [6.07, 6.45) is 1.82. The number of nitrogens with zero attached hydrogens (tertiary/aromatic N) is 4. The normalized spacial score (nSPS) is 11.9. The molecule has 0 amide bonds. The van der Waals surface area contributed by atoms with Crippen molar-refractivity contribution in [2.75, 3.05) is 4.90 Å². The molecule has 0 bridgehead atoms. The van der Waals surface area contributed by atoms with Crippen LogP contribution >= 0.6 is 0 Å². The molecule has 5 nitrogen and oxygen atoms in total. The van der Waals surface area contributed by atoms with Crippen molar-refractivity contribution in [2.45, 2.75) is 52.4 Å². The van der Waals surface area contributed by atoms with Gasteiger partial charge in [0.2, 0.25) is 0 Å². The van der Waals surface area contributed by atoms with Gasteiger partial charge in [-0.2, -0.15) is 0 Å². The predicted molar refractivity (Wildman–Crippen MR) is 229 cm³/mol. The molecule has 0 unspecified atom stereocenters. The number of imidazole rings is 1. The largest absolute Gasteiger partial charge is 0.507 e. The lowest BCUT2D eigenvalue weighted by Gasteiger charge is -2.27. The Labute approximate surface area is 324 Å². The SMILES string of the molecule is CC(C)(C)c1cc(-c2nc3c(-c4cccc(N(c5ccccc5)c5ccccn5)c4)cccc3n2-c2ccc(-c3ccccc3)cc2)c(O)c(C(C)(C)C)c1. The summed E-state index contributed by atoms with van der Waals surface area (Å²) in [4.78, 5) is 12.4. The number of phenolic OH excluding ortho intramolecular Hbond substituents is 1. The summed E-state index contributed by atoms with van der Waals surface area (Å²) in [7, 11) is 0. The van der Waals surface area contributed by atoms with Gasteiger partial charge >= 0.3 is 0 Å². The third-order valence-electron chi connectivity index (χ3n) is 10.3.